The third kappa shape index (κ3) is 3.21. The molecule has 0 saturated heterocycles. The minimum Gasteiger partial charge on any atom is -0.490 e. The summed E-state index contributed by atoms with van der Waals surface area (Å²) in [6.07, 6.45) is 2.37. The number of benzene rings is 1. The van der Waals surface area contributed by atoms with Crippen molar-refractivity contribution in [3.8, 4) is 5.75 Å². The molecule has 0 aliphatic rings. The van der Waals surface area contributed by atoms with E-state index in [1.165, 1.54) is 0 Å². The van der Waals surface area contributed by atoms with Crippen molar-refractivity contribution in [1.29, 1.82) is 0 Å². The molecule has 0 amide bonds. The summed E-state index contributed by atoms with van der Waals surface area (Å²) in [5, 5.41) is 0. The maximum Gasteiger partial charge on any atom is 0.129 e. The Morgan fingerprint density at radius 1 is 1.43 bits per heavy atom. The van der Waals surface area contributed by atoms with Gasteiger partial charge in [-0.05, 0) is 31.4 Å². The van der Waals surface area contributed by atoms with Crippen molar-refractivity contribution in [2.45, 2.75) is 26.2 Å². The van der Waals surface area contributed by atoms with Crippen molar-refractivity contribution in [3.63, 3.8) is 0 Å². The zero-order valence-corrected chi connectivity index (χ0v) is 8.45. The number of rotatable bonds is 5. The van der Waals surface area contributed by atoms with Crippen LogP contribution in [0, 0.1) is 7.11 Å². The maximum absolute atomic E-state index is 10.7. The monoisotopic (exact) mass is 191 g/mol. The normalized spacial score (nSPS) is 9.86. The van der Waals surface area contributed by atoms with Crippen molar-refractivity contribution >= 4 is 5.78 Å². The predicted molar refractivity (Wildman–Crippen MR) is 56.0 cm³/mol. The number of para-hydroxylation sites is 1. The fraction of sp³-hybridized carbons (Fsp3) is 0.333. The molecule has 0 atom stereocenters. The Kier molecular flexibility index (Phi) is 4.17. The van der Waals surface area contributed by atoms with Gasteiger partial charge in [0.2, 0.25) is 0 Å². The molecule has 14 heavy (non-hydrogen) atoms. The van der Waals surface area contributed by atoms with Crippen LogP contribution in [0.2, 0.25) is 0 Å². The molecule has 1 aromatic carbocycles. The van der Waals surface area contributed by atoms with E-state index in [1.54, 1.807) is 6.92 Å². The standard InChI is InChI=1S/C12H15O2/c1-10(13)6-5-8-11-7-3-4-9-12(11)14-2/h3-4,7,9H,2,5-6,8H2,1H3. The Morgan fingerprint density at radius 3 is 2.79 bits per heavy atom. The lowest BCUT2D eigenvalue weighted by atomic mass is 10.1. The summed E-state index contributed by atoms with van der Waals surface area (Å²) >= 11 is 0. The molecular formula is C12H15O2. The molecule has 0 saturated carbocycles. The first-order valence-corrected chi connectivity index (χ1v) is 4.73. The van der Waals surface area contributed by atoms with Gasteiger partial charge in [-0.15, -0.1) is 0 Å². The first kappa shape index (κ1) is 10.8. The van der Waals surface area contributed by atoms with Crippen molar-refractivity contribution in [1.82, 2.24) is 0 Å². The van der Waals surface area contributed by atoms with Gasteiger partial charge in [-0.1, -0.05) is 18.2 Å². The van der Waals surface area contributed by atoms with Crippen LogP contribution < -0.4 is 4.74 Å². The molecule has 75 valence electrons. The third-order valence-electron chi connectivity index (χ3n) is 2.10. The van der Waals surface area contributed by atoms with Gasteiger partial charge in [0.15, 0.2) is 0 Å². The lowest BCUT2D eigenvalue weighted by molar-refractivity contribution is -0.117. The molecule has 0 N–H and O–H groups in total. The molecule has 0 aliphatic carbocycles. The third-order valence-corrected chi connectivity index (χ3v) is 2.10. The quantitative estimate of drug-likeness (QED) is 0.715. The van der Waals surface area contributed by atoms with Crippen LogP contribution in [-0.4, -0.2) is 5.78 Å². The number of carbonyl (C=O) groups excluding carboxylic acids is 1. The van der Waals surface area contributed by atoms with E-state index in [0.717, 1.165) is 24.2 Å². The summed E-state index contributed by atoms with van der Waals surface area (Å²) in [5.74, 6) is 1.04. The molecule has 1 rings (SSSR count). The van der Waals surface area contributed by atoms with Crippen molar-refractivity contribution in [3.05, 3.63) is 36.9 Å². The predicted octanol–water partition coefficient (Wildman–Crippen LogP) is 2.77. The number of hydrogen-bond acceptors (Lipinski definition) is 2. The van der Waals surface area contributed by atoms with E-state index in [0.29, 0.717) is 6.42 Å². The lowest BCUT2D eigenvalue weighted by Gasteiger charge is -2.06. The minimum atomic E-state index is 0.234. The number of ether oxygens (including phenoxy) is 1. The number of Topliss-reactive ketones (excluding diaryl/α,β-unsaturated/α-hetero) is 1. The van der Waals surface area contributed by atoms with Gasteiger partial charge in [0, 0.05) is 6.42 Å². The second-order valence-corrected chi connectivity index (χ2v) is 3.31. The summed E-state index contributed by atoms with van der Waals surface area (Å²) < 4.78 is 4.97. The first-order chi connectivity index (χ1) is 6.74. The highest BCUT2D eigenvalue weighted by Crippen LogP contribution is 2.19. The SMILES string of the molecule is [CH2]Oc1ccccc1CCCC(C)=O. The Bertz CT molecular complexity index is 305. The Balaban J connectivity index is 2.53. The van der Waals surface area contributed by atoms with Gasteiger partial charge in [0.1, 0.15) is 18.6 Å². The molecule has 0 unspecified atom stereocenters. The Hall–Kier alpha value is -1.31. The van der Waals surface area contributed by atoms with Crippen LogP contribution in [0.5, 0.6) is 5.75 Å². The topological polar surface area (TPSA) is 26.3 Å². The fourth-order valence-corrected chi connectivity index (χ4v) is 1.38. The van der Waals surface area contributed by atoms with E-state index in [9.17, 15) is 4.79 Å². The van der Waals surface area contributed by atoms with Crippen molar-refractivity contribution in [2.75, 3.05) is 0 Å². The number of aryl methyl sites for hydroxylation is 1. The average molecular weight is 191 g/mol. The van der Waals surface area contributed by atoms with Crippen LogP contribution in [0.25, 0.3) is 0 Å². The Labute approximate surface area is 84.9 Å². The van der Waals surface area contributed by atoms with E-state index in [2.05, 4.69) is 7.11 Å². The highest BCUT2D eigenvalue weighted by molar-refractivity contribution is 5.75. The van der Waals surface area contributed by atoms with Crippen molar-refractivity contribution in [2.24, 2.45) is 0 Å². The largest absolute Gasteiger partial charge is 0.490 e. The van der Waals surface area contributed by atoms with E-state index >= 15 is 0 Å². The maximum atomic E-state index is 10.7. The van der Waals surface area contributed by atoms with Crippen LogP contribution in [0.4, 0.5) is 0 Å². The van der Waals surface area contributed by atoms with Crippen molar-refractivity contribution < 1.29 is 9.53 Å². The second kappa shape index (κ2) is 5.43. The van der Waals surface area contributed by atoms with Gasteiger partial charge in [-0.25, -0.2) is 0 Å². The highest BCUT2D eigenvalue weighted by Gasteiger charge is 2.01. The summed E-state index contributed by atoms with van der Waals surface area (Å²) in [6.45, 7) is 1.61. The average Bonchev–Trinajstić information content (AvgIpc) is 2.18. The molecule has 1 aromatic rings. The lowest BCUT2D eigenvalue weighted by Crippen LogP contribution is -1.94. The fourth-order valence-electron chi connectivity index (χ4n) is 1.38. The Morgan fingerprint density at radius 2 is 2.14 bits per heavy atom. The van der Waals surface area contributed by atoms with Gasteiger partial charge in [0.25, 0.3) is 0 Å². The molecule has 0 bridgehead atoms. The van der Waals surface area contributed by atoms with Crippen LogP contribution in [0.1, 0.15) is 25.3 Å². The van der Waals surface area contributed by atoms with Gasteiger partial charge in [-0.2, -0.15) is 0 Å². The molecular weight excluding hydrogens is 176 g/mol. The molecule has 2 heteroatoms. The van der Waals surface area contributed by atoms with Crippen LogP contribution >= 0.6 is 0 Å². The summed E-state index contributed by atoms with van der Waals surface area (Å²) in [4.78, 5) is 10.7. The van der Waals surface area contributed by atoms with E-state index < -0.39 is 0 Å². The molecule has 0 aromatic heterocycles. The first-order valence-electron chi connectivity index (χ1n) is 4.73. The van der Waals surface area contributed by atoms with Gasteiger partial charge in [0.05, 0.1) is 0 Å². The molecule has 0 spiro atoms. The van der Waals surface area contributed by atoms with E-state index in [4.69, 9.17) is 4.74 Å². The molecule has 0 heterocycles. The van der Waals surface area contributed by atoms with Crippen LogP contribution in [-0.2, 0) is 11.2 Å². The molecule has 1 radical (unpaired) electrons. The molecule has 2 nitrogen and oxygen atoms in total. The minimum absolute atomic E-state index is 0.234. The van der Waals surface area contributed by atoms with Crippen LogP contribution in [0.15, 0.2) is 24.3 Å². The smallest absolute Gasteiger partial charge is 0.129 e. The van der Waals surface area contributed by atoms with Crippen LogP contribution in [0.3, 0.4) is 0 Å². The number of hydrogen-bond donors (Lipinski definition) is 0. The zero-order chi connectivity index (χ0) is 10.4. The zero-order valence-electron chi connectivity index (χ0n) is 8.45. The second-order valence-electron chi connectivity index (χ2n) is 3.31. The van der Waals surface area contributed by atoms with Gasteiger partial charge >= 0.3 is 0 Å². The van der Waals surface area contributed by atoms with E-state index in [1.807, 2.05) is 24.3 Å². The number of carbonyl (C=O) groups is 1. The van der Waals surface area contributed by atoms with Gasteiger partial charge in [-0.3, -0.25) is 0 Å². The van der Waals surface area contributed by atoms with E-state index in [-0.39, 0.29) is 5.78 Å². The molecule has 0 aliphatic heterocycles. The summed E-state index contributed by atoms with van der Waals surface area (Å²) in [5.41, 5.74) is 1.11. The molecule has 0 fully saturated rings. The number of ketones is 1. The highest BCUT2D eigenvalue weighted by atomic mass is 16.5. The summed E-state index contributed by atoms with van der Waals surface area (Å²) in [7, 11) is 3.39. The van der Waals surface area contributed by atoms with Gasteiger partial charge < -0.3 is 9.53 Å². The summed E-state index contributed by atoms with van der Waals surface area (Å²) in [6, 6.07) is 7.76.